The summed E-state index contributed by atoms with van der Waals surface area (Å²) < 4.78 is 1.03. The highest BCUT2D eigenvalue weighted by Gasteiger charge is 2.06. The molecule has 2 nitrogen and oxygen atoms in total. The highest BCUT2D eigenvalue weighted by atomic mass is 79.9. The smallest absolute Gasteiger partial charge is 0.142 e. The molecule has 0 fully saturated rings. The molecular formula is C11H15BrN2. The van der Waals surface area contributed by atoms with Crippen LogP contribution in [-0.4, -0.2) is 18.6 Å². The molecule has 1 rings (SSSR count). The molecule has 0 saturated carbocycles. The third-order valence-corrected chi connectivity index (χ3v) is 2.41. The summed E-state index contributed by atoms with van der Waals surface area (Å²) in [6.07, 6.45) is 1.87. The van der Waals surface area contributed by atoms with Crippen molar-refractivity contribution >= 4 is 21.7 Å². The number of hydrogen-bond acceptors (Lipinski definition) is 2. The highest BCUT2D eigenvalue weighted by molar-refractivity contribution is 9.10. The minimum absolute atomic E-state index is 0.828. The quantitative estimate of drug-likeness (QED) is 0.771. The Labute approximate surface area is 93.8 Å². The molecular weight excluding hydrogens is 240 g/mol. The molecule has 0 N–H and O–H groups in total. The lowest BCUT2D eigenvalue weighted by molar-refractivity contribution is 0.947. The van der Waals surface area contributed by atoms with E-state index in [0.29, 0.717) is 0 Å². The molecule has 0 bridgehead atoms. The van der Waals surface area contributed by atoms with Crippen molar-refractivity contribution in [1.82, 2.24) is 4.98 Å². The van der Waals surface area contributed by atoms with E-state index in [1.165, 1.54) is 0 Å². The van der Waals surface area contributed by atoms with Crippen LogP contribution in [0.5, 0.6) is 0 Å². The van der Waals surface area contributed by atoms with Gasteiger partial charge in [0.2, 0.25) is 0 Å². The van der Waals surface area contributed by atoms with Gasteiger partial charge in [-0.25, -0.2) is 4.98 Å². The lowest BCUT2D eigenvalue weighted by Gasteiger charge is -2.19. The molecule has 1 heterocycles. The van der Waals surface area contributed by atoms with Gasteiger partial charge in [0.15, 0.2) is 0 Å². The van der Waals surface area contributed by atoms with Gasteiger partial charge in [0.1, 0.15) is 5.82 Å². The molecule has 0 amide bonds. The Kier molecular flexibility index (Phi) is 3.69. The summed E-state index contributed by atoms with van der Waals surface area (Å²) in [6.45, 7) is 8.75. The molecule has 1 aromatic rings. The maximum absolute atomic E-state index is 4.37. The maximum Gasteiger partial charge on any atom is 0.142 e. The molecule has 1 aromatic heterocycles. The minimum Gasteiger partial charge on any atom is -0.355 e. The van der Waals surface area contributed by atoms with Crippen LogP contribution in [0.1, 0.15) is 12.5 Å². The van der Waals surface area contributed by atoms with Crippen molar-refractivity contribution in [3.8, 4) is 0 Å². The Morgan fingerprint density at radius 3 is 2.79 bits per heavy atom. The fourth-order valence-electron chi connectivity index (χ4n) is 1.29. The lowest BCUT2D eigenvalue weighted by atomic mass is 10.3. The zero-order valence-corrected chi connectivity index (χ0v) is 10.4. The van der Waals surface area contributed by atoms with E-state index >= 15 is 0 Å². The van der Waals surface area contributed by atoms with E-state index in [4.69, 9.17) is 0 Å². The summed E-state index contributed by atoms with van der Waals surface area (Å²) in [6, 6.07) is 2.07. The topological polar surface area (TPSA) is 16.1 Å². The van der Waals surface area contributed by atoms with E-state index in [1.807, 2.05) is 27.1 Å². The van der Waals surface area contributed by atoms with Gasteiger partial charge in [-0.15, -0.1) is 0 Å². The molecule has 0 atom stereocenters. The van der Waals surface area contributed by atoms with Crippen LogP contribution >= 0.6 is 15.9 Å². The normalized spacial score (nSPS) is 10.0. The van der Waals surface area contributed by atoms with Crippen molar-refractivity contribution in [2.75, 3.05) is 18.5 Å². The third-order valence-electron chi connectivity index (χ3n) is 1.83. The Hall–Kier alpha value is -0.830. The van der Waals surface area contributed by atoms with Gasteiger partial charge in [0.25, 0.3) is 0 Å². The van der Waals surface area contributed by atoms with Crippen molar-refractivity contribution in [3.63, 3.8) is 0 Å². The van der Waals surface area contributed by atoms with Gasteiger partial charge in [-0.05, 0) is 41.4 Å². The summed E-state index contributed by atoms with van der Waals surface area (Å²) in [7, 11) is 2.01. The summed E-state index contributed by atoms with van der Waals surface area (Å²) in [4.78, 5) is 6.44. The largest absolute Gasteiger partial charge is 0.355 e. The summed E-state index contributed by atoms with van der Waals surface area (Å²) in [5.41, 5.74) is 2.28. The van der Waals surface area contributed by atoms with Crippen molar-refractivity contribution < 1.29 is 0 Å². The van der Waals surface area contributed by atoms with Crippen LogP contribution in [0.2, 0.25) is 0 Å². The second-order valence-electron chi connectivity index (χ2n) is 3.63. The zero-order chi connectivity index (χ0) is 10.7. The SMILES string of the molecule is C=C(C)CN(C)c1ncc(C)cc1Br. The molecule has 0 radical (unpaired) electrons. The number of anilines is 1. The first kappa shape index (κ1) is 11.2. The van der Waals surface area contributed by atoms with Crippen molar-refractivity contribution in [2.45, 2.75) is 13.8 Å². The predicted octanol–water partition coefficient (Wildman–Crippen LogP) is 3.16. The molecule has 0 unspecified atom stereocenters. The third kappa shape index (κ3) is 2.84. The number of rotatable bonds is 3. The van der Waals surface area contributed by atoms with Crippen LogP contribution in [0.3, 0.4) is 0 Å². The van der Waals surface area contributed by atoms with Crippen LogP contribution in [0.15, 0.2) is 28.9 Å². The number of nitrogens with zero attached hydrogens (tertiary/aromatic N) is 2. The van der Waals surface area contributed by atoms with Gasteiger partial charge < -0.3 is 4.90 Å². The van der Waals surface area contributed by atoms with Gasteiger partial charge in [0.05, 0.1) is 4.47 Å². The van der Waals surface area contributed by atoms with Crippen LogP contribution in [-0.2, 0) is 0 Å². The zero-order valence-electron chi connectivity index (χ0n) is 8.84. The average molecular weight is 255 g/mol. The van der Waals surface area contributed by atoms with Crippen molar-refractivity contribution in [1.29, 1.82) is 0 Å². The molecule has 14 heavy (non-hydrogen) atoms. The molecule has 0 aliphatic carbocycles. The second-order valence-corrected chi connectivity index (χ2v) is 4.49. The van der Waals surface area contributed by atoms with E-state index in [-0.39, 0.29) is 0 Å². The lowest BCUT2D eigenvalue weighted by Crippen LogP contribution is -2.20. The molecule has 0 aliphatic rings. The number of likely N-dealkylation sites (N-methyl/N-ethyl adjacent to an activating group) is 1. The second kappa shape index (κ2) is 4.60. The molecule has 0 aliphatic heterocycles. The van der Waals surface area contributed by atoms with Crippen molar-refractivity contribution in [3.05, 3.63) is 34.5 Å². The summed E-state index contributed by atoms with van der Waals surface area (Å²) >= 11 is 3.50. The highest BCUT2D eigenvalue weighted by Crippen LogP contribution is 2.23. The number of aromatic nitrogens is 1. The van der Waals surface area contributed by atoms with Gasteiger partial charge in [0, 0.05) is 19.8 Å². The number of halogens is 1. The van der Waals surface area contributed by atoms with Crippen LogP contribution < -0.4 is 4.90 Å². The Morgan fingerprint density at radius 1 is 1.64 bits per heavy atom. The van der Waals surface area contributed by atoms with Gasteiger partial charge in [-0.2, -0.15) is 0 Å². The van der Waals surface area contributed by atoms with E-state index < -0.39 is 0 Å². The fraction of sp³-hybridized carbons (Fsp3) is 0.364. The van der Waals surface area contributed by atoms with E-state index in [0.717, 1.165) is 28.0 Å². The first-order valence-corrected chi connectivity index (χ1v) is 5.27. The first-order chi connectivity index (χ1) is 6.50. The summed E-state index contributed by atoms with van der Waals surface area (Å²) in [5, 5.41) is 0. The monoisotopic (exact) mass is 254 g/mol. The van der Waals surface area contributed by atoms with Crippen molar-refractivity contribution in [2.24, 2.45) is 0 Å². The standard InChI is InChI=1S/C11H15BrN2/c1-8(2)7-14(4)11-10(12)5-9(3)6-13-11/h5-6H,1,7H2,2-4H3. The van der Waals surface area contributed by atoms with E-state index in [2.05, 4.69) is 38.5 Å². The summed E-state index contributed by atoms with van der Waals surface area (Å²) in [5.74, 6) is 0.957. The van der Waals surface area contributed by atoms with Gasteiger partial charge in [-0.3, -0.25) is 0 Å². The molecule has 0 saturated heterocycles. The average Bonchev–Trinajstić information content (AvgIpc) is 2.01. The van der Waals surface area contributed by atoms with Gasteiger partial charge >= 0.3 is 0 Å². The van der Waals surface area contributed by atoms with Crippen LogP contribution in [0.25, 0.3) is 0 Å². The number of hydrogen-bond donors (Lipinski definition) is 0. The van der Waals surface area contributed by atoms with Crippen LogP contribution in [0, 0.1) is 6.92 Å². The maximum atomic E-state index is 4.37. The van der Waals surface area contributed by atoms with Crippen LogP contribution in [0.4, 0.5) is 5.82 Å². The first-order valence-electron chi connectivity index (χ1n) is 4.48. The Bertz CT molecular complexity index is 347. The Morgan fingerprint density at radius 2 is 2.29 bits per heavy atom. The Balaban J connectivity index is 2.90. The fourth-order valence-corrected chi connectivity index (χ4v) is 2.05. The predicted molar refractivity (Wildman–Crippen MR) is 64.8 cm³/mol. The number of pyridine rings is 1. The van der Waals surface area contributed by atoms with E-state index in [9.17, 15) is 0 Å². The molecule has 3 heteroatoms. The van der Waals surface area contributed by atoms with Gasteiger partial charge in [-0.1, -0.05) is 12.2 Å². The molecule has 0 aromatic carbocycles. The number of aryl methyl sites for hydroxylation is 1. The van der Waals surface area contributed by atoms with E-state index in [1.54, 1.807) is 0 Å². The minimum atomic E-state index is 0.828. The molecule has 76 valence electrons. The molecule has 0 spiro atoms.